The summed E-state index contributed by atoms with van der Waals surface area (Å²) in [5.41, 5.74) is 1.66. The van der Waals surface area contributed by atoms with Crippen LogP contribution in [0.15, 0.2) is 97.1 Å². The van der Waals surface area contributed by atoms with E-state index < -0.39 is 0 Å². The number of fused-ring (bicyclic) bond motifs is 1. The monoisotopic (exact) mass is 340 g/mol. The van der Waals surface area contributed by atoms with Crippen LogP contribution >= 0.6 is 0 Å². The lowest BCUT2D eigenvalue weighted by Crippen LogP contribution is -2.40. The van der Waals surface area contributed by atoms with Crippen molar-refractivity contribution in [3.05, 3.63) is 103 Å². The molecule has 0 aliphatic heterocycles. The van der Waals surface area contributed by atoms with Crippen molar-refractivity contribution in [1.29, 1.82) is 0 Å². The average molecular weight is 340 g/mol. The molecule has 0 saturated carbocycles. The Morgan fingerprint density at radius 3 is 2.15 bits per heavy atom. The SMILES string of the molecule is O=C(C[n+]1c(Oc2ccccc2)ccc2ccccc21)c1ccccc1. The van der Waals surface area contributed by atoms with Gasteiger partial charge in [0.05, 0.1) is 6.07 Å². The van der Waals surface area contributed by atoms with Crippen LogP contribution in [-0.4, -0.2) is 5.78 Å². The van der Waals surface area contributed by atoms with Crippen LogP contribution in [0, 0.1) is 0 Å². The number of ether oxygens (including phenoxy) is 1. The van der Waals surface area contributed by atoms with Crippen molar-refractivity contribution in [3.63, 3.8) is 0 Å². The zero-order valence-corrected chi connectivity index (χ0v) is 14.2. The van der Waals surface area contributed by atoms with E-state index in [9.17, 15) is 4.79 Å². The van der Waals surface area contributed by atoms with Gasteiger partial charge in [0.25, 0.3) is 0 Å². The van der Waals surface area contributed by atoms with Crippen molar-refractivity contribution in [2.45, 2.75) is 6.54 Å². The van der Waals surface area contributed by atoms with Gasteiger partial charge in [0.1, 0.15) is 5.75 Å². The molecule has 0 unspecified atom stereocenters. The summed E-state index contributed by atoms with van der Waals surface area (Å²) in [7, 11) is 0. The largest absolute Gasteiger partial charge is 0.405 e. The molecular weight excluding hydrogens is 322 g/mol. The molecule has 0 spiro atoms. The van der Waals surface area contributed by atoms with Crippen LogP contribution < -0.4 is 9.30 Å². The number of carbonyl (C=O) groups is 1. The van der Waals surface area contributed by atoms with Crippen LogP contribution in [0.5, 0.6) is 11.6 Å². The maximum atomic E-state index is 12.8. The highest BCUT2D eigenvalue weighted by atomic mass is 16.5. The van der Waals surface area contributed by atoms with E-state index in [4.69, 9.17) is 4.74 Å². The van der Waals surface area contributed by atoms with Gasteiger partial charge in [-0.3, -0.25) is 4.79 Å². The zero-order valence-electron chi connectivity index (χ0n) is 14.2. The molecule has 0 saturated heterocycles. The molecule has 3 heteroatoms. The summed E-state index contributed by atoms with van der Waals surface area (Å²) in [6.07, 6.45) is 0. The minimum atomic E-state index is 0.0462. The maximum absolute atomic E-state index is 12.8. The van der Waals surface area contributed by atoms with E-state index in [2.05, 4.69) is 0 Å². The van der Waals surface area contributed by atoms with Crippen molar-refractivity contribution < 1.29 is 14.1 Å². The fourth-order valence-corrected chi connectivity index (χ4v) is 2.96. The Morgan fingerprint density at radius 2 is 1.38 bits per heavy atom. The third-order valence-electron chi connectivity index (χ3n) is 4.26. The molecule has 0 atom stereocenters. The summed E-state index contributed by atoms with van der Waals surface area (Å²) in [5, 5.41) is 1.06. The molecule has 0 N–H and O–H groups in total. The molecule has 3 aromatic carbocycles. The molecule has 0 aliphatic rings. The fraction of sp³-hybridized carbons (Fsp3) is 0.0435. The predicted octanol–water partition coefficient (Wildman–Crippen LogP) is 4.80. The van der Waals surface area contributed by atoms with E-state index in [-0.39, 0.29) is 12.3 Å². The first-order valence-electron chi connectivity index (χ1n) is 8.54. The Kier molecular flexibility index (Phi) is 4.44. The van der Waals surface area contributed by atoms with Gasteiger partial charge in [0.2, 0.25) is 17.8 Å². The highest BCUT2D eigenvalue weighted by Crippen LogP contribution is 2.21. The highest BCUT2D eigenvalue weighted by molar-refractivity contribution is 5.95. The predicted molar refractivity (Wildman–Crippen MR) is 101 cm³/mol. The maximum Gasteiger partial charge on any atom is 0.374 e. The lowest BCUT2D eigenvalue weighted by Gasteiger charge is -2.08. The zero-order chi connectivity index (χ0) is 17.8. The molecule has 0 amide bonds. The van der Waals surface area contributed by atoms with Gasteiger partial charge in [-0.15, -0.1) is 0 Å². The number of nitrogens with zero attached hydrogens (tertiary/aromatic N) is 1. The van der Waals surface area contributed by atoms with E-state index in [0.29, 0.717) is 11.4 Å². The van der Waals surface area contributed by atoms with Gasteiger partial charge in [0.15, 0.2) is 0 Å². The van der Waals surface area contributed by atoms with Crippen LogP contribution in [0.4, 0.5) is 0 Å². The molecule has 4 rings (SSSR count). The van der Waals surface area contributed by atoms with Crippen molar-refractivity contribution in [2.24, 2.45) is 0 Å². The number of benzene rings is 3. The summed E-state index contributed by atoms with van der Waals surface area (Å²) in [4.78, 5) is 12.8. The number of hydrogen-bond donors (Lipinski definition) is 0. The lowest BCUT2D eigenvalue weighted by molar-refractivity contribution is -0.661. The lowest BCUT2D eigenvalue weighted by atomic mass is 10.1. The van der Waals surface area contributed by atoms with Gasteiger partial charge >= 0.3 is 5.88 Å². The minimum absolute atomic E-state index is 0.0462. The molecule has 126 valence electrons. The number of aromatic nitrogens is 1. The summed E-state index contributed by atoms with van der Waals surface area (Å²) >= 11 is 0. The fourth-order valence-electron chi connectivity index (χ4n) is 2.96. The van der Waals surface area contributed by atoms with Gasteiger partial charge in [0, 0.05) is 17.0 Å². The molecular formula is C23H18NO2+. The third kappa shape index (κ3) is 3.33. The van der Waals surface area contributed by atoms with E-state index in [1.807, 2.05) is 102 Å². The second-order valence-electron chi connectivity index (χ2n) is 6.02. The van der Waals surface area contributed by atoms with Gasteiger partial charge < -0.3 is 4.74 Å². The normalized spacial score (nSPS) is 10.6. The number of Topliss-reactive ketones (excluding diaryl/α,β-unsaturated/α-hetero) is 1. The average Bonchev–Trinajstić information content (AvgIpc) is 2.71. The molecule has 26 heavy (non-hydrogen) atoms. The van der Waals surface area contributed by atoms with Crippen molar-refractivity contribution >= 4 is 16.7 Å². The van der Waals surface area contributed by atoms with Crippen LogP contribution in [0.3, 0.4) is 0 Å². The van der Waals surface area contributed by atoms with Crippen molar-refractivity contribution in [2.75, 3.05) is 0 Å². The van der Waals surface area contributed by atoms with E-state index >= 15 is 0 Å². The molecule has 3 nitrogen and oxygen atoms in total. The van der Waals surface area contributed by atoms with Crippen LogP contribution in [0.1, 0.15) is 10.4 Å². The van der Waals surface area contributed by atoms with Gasteiger partial charge in [-0.25, -0.2) is 0 Å². The standard InChI is InChI=1S/C23H18NO2/c25-22(19-10-3-1-4-11-19)17-24-21-14-8-7-9-18(21)15-16-23(24)26-20-12-5-2-6-13-20/h1-16H,17H2/q+1. The van der Waals surface area contributed by atoms with E-state index in [0.717, 1.165) is 16.7 Å². The Morgan fingerprint density at radius 1 is 0.731 bits per heavy atom. The van der Waals surface area contributed by atoms with Crippen molar-refractivity contribution in [3.8, 4) is 11.6 Å². The Hall–Kier alpha value is -3.46. The third-order valence-corrected chi connectivity index (χ3v) is 4.26. The number of hydrogen-bond acceptors (Lipinski definition) is 2. The summed E-state index contributed by atoms with van der Waals surface area (Å²) in [6.45, 7) is 0.216. The van der Waals surface area contributed by atoms with Gasteiger partial charge in [-0.05, 0) is 24.3 Å². The second-order valence-corrected chi connectivity index (χ2v) is 6.02. The van der Waals surface area contributed by atoms with E-state index in [1.165, 1.54) is 0 Å². The highest BCUT2D eigenvalue weighted by Gasteiger charge is 2.21. The van der Waals surface area contributed by atoms with E-state index in [1.54, 1.807) is 0 Å². The van der Waals surface area contributed by atoms with Crippen LogP contribution in [-0.2, 0) is 6.54 Å². The molecule has 0 aliphatic carbocycles. The first-order chi connectivity index (χ1) is 12.8. The Labute approximate surface area is 152 Å². The van der Waals surface area contributed by atoms with Crippen molar-refractivity contribution in [1.82, 2.24) is 0 Å². The number of pyridine rings is 1. The summed E-state index contributed by atoms with van der Waals surface area (Å²) in [6, 6.07) is 30.9. The number of ketones is 1. The first kappa shape index (κ1) is 16.0. The summed E-state index contributed by atoms with van der Waals surface area (Å²) < 4.78 is 7.99. The molecule has 0 radical (unpaired) electrons. The summed E-state index contributed by atoms with van der Waals surface area (Å²) in [5.74, 6) is 1.42. The molecule has 0 bridgehead atoms. The molecule has 1 heterocycles. The quantitative estimate of drug-likeness (QED) is 0.386. The van der Waals surface area contributed by atoms with Crippen LogP contribution in [0.2, 0.25) is 0 Å². The topological polar surface area (TPSA) is 30.2 Å². The first-order valence-corrected chi connectivity index (χ1v) is 8.54. The van der Waals surface area contributed by atoms with Gasteiger partial charge in [-0.1, -0.05) is 60.7 Å². The molecule has 0 fully saturated rings. The Bertz CT molecular complexity index is 1040. The van der Waals surface area contributed by atoms with Crippen LogP contribution in [0.25, 0.3) is 10.9 Å². The number of rotatable bonds is 5. The smallest absolute Gasteiger partial charge is 0.374 e. The minimum Gasteiger partial charge on any atom is -0.405 e. The number of carbonyl (C=O) groups excluding carboxylic acids is 1. The molecule has 4 aromatic rings. The second kappa shape index (κ2) is 7.19. The molecule has 1 aromatic heterocycles. The van der Waals surface area contributed by atoms with Gasteiger partial charge in [-0.2, -0.15) is 4.57 Å². The number of para-hydroxylation sites is 2. The Balaban J connectivity index is 1.77.